The zero-order chi connectivity index (χ0) is 27.3. The van der Waals surface area contributed by atoms with E-state index in [0.717, 1.165) is 5.56 Å². The first-order valence-corrected chi connectivity index (χ1v) is 14.1. The predicted molar refractivity (Wildman–Crippen MR) is 157 cm³/mol. The number of rotatable bonds is 7. The van der Waals surface area contributed by atoms with Gasteiger partial charge in [-0.3, -0.25) is 4.79 Å². The summed E-state index contributed by atoms with van der Waals surface area (Å²) in [6.07, 6.45) is 1.81. The van der Waals surface area contributed by atoms with Crippen molar-refractivity contribution in [2.24, 2.45) is 4.99 Å². The van der Waals surface area contributed by atoms with Gasteiger partial charge in [-0.05, 0) is 48.4 Å². The predicted octanol–water partition coefficient (Wildman–Crippen LogP) is 7.53. The molecule has 0 saturated carbocycles. The summed E-state index contributed by atoms with van der Waals surface area (Å²) in [6.45, 7) is 7.31. The lowest BCUT2D eigenvalue weighted by Crippen LogP contribution is -2.17. The summed E-state index contributed by atoms with van der Waals surface area (Å²) >= 11 is 15.2. The van der Waals surface area contributed by atoms with Crippen molar-refractivity contribution >= 4 is 75.2 Å². The molecular formula is C26H26Cl2N4O3S2. The number of hydrogen-bond donors (Lipinski definition) is 2. The van der Waals surface area contributed by atoms with E-state index in [0.29, 0.717) is 48.7 Å². The number of carboxylic acid groups (broad SMARTS) is 1. The van der Waals surface area contributed by atoms with Crippen molar-refractivity contribution in [2.75, 3.05) is 11.6 Å². The quantitative estimate of drug-likeness (QED) is 0.223. The van der Waals surface area contributed by atoms with Crippen molar-refractivity contribution in [2.45, 2.75) is 32.9 Å². The number of carbonyl (C=O) groups is 2. The molecule has 37 heavy (non-hydrogen) atoms. The van der Waals surface area contributed by atoms with E-state index in [-0.39, 0.29) is 11.6 Å². The average Bonchev–Trinajstić information content (AvgIpc) is 3.18. The van der Waals surface area contributed by atoms with Gasteiger partial charge in [0.1, 0.15) is 0 Å². The fraction of sp³-hybridized carbons (Fsp3) is 0.231. The summed E-state index contributed by atoms with van der Waals surface area (Å²) in [5.74, 6) is -1.33. The van der Waals surface area contributed by atoms with Crippen LogP contribution in [0.15, 0.2) is 52.9 Å². The van der Waals surface area contributed by atoms with Gasteiger partial charge in [0.05, 0.1) is 21.4 Å². The number of aryl methyl sites for hydroxylation is 1. The van der Waals surface area contributed by atoms with Crippen LogP contribution in [0.1, 0.15) is 42.5 Å². The Hall–Kier alpha value is -2.72. The maximum Gasteiger partial charge on any atom is 0.355 e. The summed E-state index contributed by atoms with van der Waals surface area (Å²) < 4.78 is 1.35. The highest BCUT2D eigenvalue weighted by molar-refractivity contribution is 8.13. The number of amides is 1. The number of carboxylic acids is 1. The second-order valence-electron chi connectivity index (χ2n) is 8.20. The summed E-state index contributed by atoms with van der Waals surface area (Å²) in [5.41, 5.74) is 3.61. The molecule has 7 nitrogen and oxygen atoms in total. The molecule has 2 aromatic carbocycles. The Kier molecular flexibility index (Phi) is 9.89. The number of nitrogens with one attached hydrogen (secondary N) is 1. The Morgan fingerprint density at radius 3 is 2.35 bits per heavy atom. The third kappa shape index (κ3) is 7.19. The molecule has 0 bridgehead atoms. The van der Waals surface area contributed by atoms with Crippen LogP contribution in [0.5, 0.6) is 0 Å². The van der Waals surface area contributed by atoms with Gasteiger partial charge in [-0.15, -0.1) is 11.8 Å². The van der Waals surface area contributed by atoms with Gasteiger partial charge < -0.3 is 10.4 Å². The molecule has 0 aliphatic rings. The Labute approximate surface area is 234 Å². The summed E-state index contributed by atoms with van der Waals surface area (Å²) in [7, 11) is 0. The van der Waals surface area contributed by atoms with E-state index in [2.05, 4.69) is 24.3 Å². The fourth-order valence-corrected chi connectivity index (χ4v) is 4.81. The molecule has 1 aromatic heterocycles. The van der Waals surface area contributed by atoms with E-state index in [1.807, 2.05) is 17.7 Å². The molecule has 3 aromatic rings. The van der Waals surface area contributed by atoms with E-state index < -0.39 is 5.97 Å². The molecule has 0 saturated heterocycles. The smallest absolute Gasteiger partial charge is 0.355 e. The van der Waals surface area contributed by atoms with Crippen molar-refractivity contribution in [1.82, 2.24) is 9.78 Å². The molecule has 3 rings (SSSR count). The maximum absolute atomic E-state index is 12.5. The molecular weight excluding hydrogens is 551 g/mol. The van der Waals surface area contributed by atoms with Gasteiger partial charge >= 0.3 is 5.97 Å². The van der Waals surface area contributed by atoms with Gasteiger partial charge in [-0.2, -0.15) is 5.10 Å². The highest BCUT2D eigenvalue weighted by atomic mass is 35.5. The van der Waals surface area contributed by atoms with Gasteiger partial charge in [-0.25, -0.2) is 14.5 Å². The molecule has 194 valence electrons. The van der Waals surface area contributed by atoms with Gasteiger partial charge in [-0.1, -0.05) is 67.0 Å². The Bertz CT molecular complexity index is 1380. The molecule has 0 radical (unpaired) electrons. The molecule has 0 aliphatic heterocycles. The van der Waals surface area contributed by atoms with E-state index in [4.69, 9.17) is 28.2 Å². The minimum Gasteiger partial charge on any atom is -0.476 e. The SMILES string of the molecule is CSC(=N/C(=C/SC(C)C)c1ccc(Cl)c(Cl)c1)n1nc(C)c(-c2ccc(NC(C)=O)cc2)c1C(=O)O. The number of anilines is 1. The van der Waals surface area contributed by atoms with Crippen LogP contribution in [0.2, 0.25) is 10.0 Å². The number of aliphatic imine (C=N–C) groups is 1. The van der Waals surface area contributed by atoms with Crippen molar-refractivity contribution in [3.63, 3.8) is 0 Å². The standard InChI is InChI=1S/C26H26Cl2N4O3S2/c1-14(2)37-13-22(18-8-11-20(27)21(28)12-18)30-26(36-5)32-24(25(34)35)23(15(3)31-32)17-6-9-19(10-7-17)29-16(4)33/h6-14H,1-5H3,(H,29,33)(H,34,35)/b22-13+,30-26?. The first-order chi connectivity index (χ1) is 17.5. The molecule has 2 N–H and O–H groups in total. The monoisotopic (exact) mass is 576 g/mol. The third-order valence-electron chi connectivity index (χ3n) is 5.00. The number of aromatic carboxylic acids is 1. The van der Waals surface area contributed by atoms with Crippen LogP contribution in [0.25, 0.3) is 16.8 Å². The lowest BCUT2D eigenvalue weighted by atomic mass is 10.0. The third-order valence-corrected chi connectivity index (χ3v) is 7.28. The number of hydrogen-bond acceptors (Lipinski definition) is 6. The Morgan fingerprint density at radius 1 is 1.14 bits per heavy atom. The van der Waals surface area contributed by atoms with Crippen molar-refractivity contribution in [3.8, 4) is 11.1 Å². The molecule has 0 unspecified atom stereocenters. The number of aromatic nitrogens is 2. The highest BCUT2D eigenvalue weighted by Gasteiger charge is 2.25. The molecule has 1 amide bonds. The Balaban J connectivity index is 2.16. The average molecular weight is 578 g/mol. The van der Waals surface area contributed by atoms with Crippen molar-refractivity contribution in [3.05, 3.63) is 74.9 Å². The molecule has 0 fully saturated rings. The van der Waals surface area contributed by atoms with Crippen LogP contribution in [0, 0.1) is 6.92 Å². The van der Waals surface area contributed by atoms with Gasteiger partial charge in [0.2, 0.25) is 5.91 Å². The van der Waals surface area contributed by atoms with E-state index >= 15 is 0 Å². The fourth-order valence-electron chi connectivity index (χ4n) is 3.43. The number of benzene rings is 2. The second kappa shape index (κ2) is 12.7. The Morgan fingerprint density at radius 2 is 1.81 bits per heavy atom. The summed E-state index contributed by atoms with van der Waals surface area (Å²) in [5, 5.41) is 20.9. The van der Waals surface area contributed by atoms with Crippen LogP contribution >= 0.6 is 46.7 Å². The molecule has 0 spiro atoms. The van der Waals surface area contributed by atoms with Crippen LogP contribution < -0.4 is 5.32 Å². The molecule has 1 heterocycles. The first kappa shape index (κ1) is 28.8. The summed E-state index contributed by atoms with van der Waals surface area (Å²) in [6, 6.07) is 12.2. The van der Waals surface area contributed by atoms with Crippen LogP contribution in [0.3, 0.4) is 0 Å². The van der Waals surface area contributed by atoms with Gasteiger partial charge in [0.25, 0.3) is 0 Å². The van der Waals surface area contributed by atoms with Crippen LogP contribution in [-0.4, -0.2) is 43.4 Å². The van der Waals surface area contributed by atoms with Crippen LogP contribution in [0.4, 0.5) is 5.69 Å². The first-order valence-electron chi connectivity index (χ1n) is 11.2. The zero-order valence-corrected chi connectivity index (χ0v) is 24.0. The molecule has 0 aliphatic carbocycles. The topological polar surface area (TPSA) is 96.6 Å². The number of thioether (sulfide) groups is 2. The lowest BCUT2D eigenvalue weighted by Gasteiger charge is -2.11. The second-order valence-corrected chi connectivity index (χ2v) is 11.2. The van der Waals surface area contributed by atoms with E-state index in [1.165, 1.54) is 23.4 Å². The molecule has 11 heteroatoms. The zero-order valence-electron chi connectivity index (χ0n) is 20.9. The van der Waals surface area contributed by atoms with Crippen LogP contribution in [-0.2, 0) is 4.79 Å². The van der Waals surface area contributed by atoms with Crippen molar-refractivity contribution < 1.29 is 14.7 Å². The van der Waals surface area contributed by atoms with E-state index in [9.17, 15) is 14.7 Å². The minimum atomic E-state index is -1.14. The number of nitrogens with zero attached hydrogens (tertiary/aromatic N) is 3. The maximum atomic E-state index is 12.5. The largest absolute Gasteiger partial charge is 0.476 e. The number of carbonyl (C=O) groups excluding carboxylic acids is 1. The van der Waals surface area contributed by atoms with Gasteiger partial charge in [0.15, 0.2) is 10.9 Å². The number of halogens is 2. The van der Waals surface area contributed by atoms with Crippen molar-refractivity contribution in [1.29, 1.82) is 0 Å². The normalized spacial score (nSPS) is 12.2. The summed E-state index contributed by atoms with van der Waals surface area (Å²) in [4.78, 5) is 28.7. The lowest BCUT2D eigenvalue weighted by molar-refractivity contribution is -0.114. The highest BCUT2D eigenvalue weighted by Crippen LogP contribution is 2.32. The van der Waals surface area contributed by atoms with Gasteiger partial charge in [0, 0.05) is 29.0 Å². The minimum absolute atomic E-state index is 0.0112. The van der Waals surface area contributed by atoms with E-state index in [1.54, 1.807) is 55.1 Å². The molecule has 0 atom stereocenters.